The van der Waals surface area contributed by atoms with Crippen LogP contribution < -0.4 is 11.2 Å². The first-order valence-electron chi connectivity index (χ1n) is 19.6. The van der Waals surface area contributed by atoms with E-state index in [-0.39, 0.29) is 12.2 Å². The van der Waals surface area contributed by atoms with Crippen molar-refractivity contribution in [2.45, 2.75) is 35.7 Å². The van der Waals surface area contributed by atoms with Crippen molar-refractivity contribution in [1.82, 2.24) is 9.55 Å². The molecule has 1 aliphatic heterocycles. The van der Waals surface area contributed by atoms with Gasteiger partial charge < -0.3 is 14.2 Å². The second-order valence-corrected chi connectivity index (χ2v) is 16.2. The van der Waals surface area contributed by atoms with E-state index in [9.17, 15) is 18.0 Å². The predicted molar refractivity (Wildman–Crippen MR) is 232 cm³/mol. The van der Waals surface area contributed by atoms with Gasteiger partial charge in [0.05, 0.1) is 12.9 Å². The van der Waals surface area contributed by atoms with Crippen molar-refractivity contribution in [2.75, 3.05) is 12.9 Å². The average molecular weight is 831 g/mol. The first kappa shape index (κ1) is 41.1. The van der Waals surface area contributed by atoms with E-state index in [4.69, 9.17) is 24.8 Å². The number of H-pyrrole nitrogens is 1. The third-order valence-electron chi connectivity index (χ3n) is 10.8. The molecule has 0 bridgehead atoms. The quantitative estimate of drug-likeness (QED) is 0.0697. The zero-order valence-electron chi connectivity index (χ0n) is 33.1. The van der Waals surface area contributed by atoms with Gasteiger partial charge >= 0.3 is 5.69 Å². The van der Waals surface area contributed by atoms with E-state index in [1.807, 2.05) is 182 Å². The number of rotatable bonds is 14. The fourth-order valence-electron chi connectivity index (χ4n) is 8.19. The molecule has 1 N–H and O–H groups in total. The molecule has 10 nitrogen and oxygen atoms in total. The standard InChI is InChI=1S/C50H42N2O8S/c1-3-36-34-52(48(54)51-46(36)53)47-45(59-50(40-28-16-7-17-29-40,41-30-18-8-19-31-41)42-32-20-9-21-33-42)44(60-61(2,55)56)43(58-47)35-57-49(37-22-10-4-11-23-37,38-24-12-5-13-25-38)39-26-14-6-15-27-39/h1,4-34,43-45,47H,35H2,2H3,(H,51,53,54)/t43-,44-,45-,47-/m1/s1. The van der Waals surface area contributed by atoms with Gasteiger partial charge in [0.2, 0.25) is 0 Å². The van der Waals surface area contributed by atoms with E-state index in [0.29, 0.717) is 16.7 Å². The minimum atomic E-state index is -4.26. The molecule has 0 radical (unpaired) electrons. The Morgan fingerprint density at radius 1 is 0.623 bits per heavy atom. The third kappa shape index (κ3) is 8.15. The minimum absolute atomic E-state index is 0.154. The van der Waals surface area contributed by atoms with Crippen LogP contribution in [-0.2, 0) is 39.7 Å². The Balaban J connectivity index is 1.35. The van der Waals surface area contributed by atoms with Gasteiger partial charge in [-0.25, -0.2) is 4.79 Å². The van der Waals surface area contributed by atoms with Crippen LogP contribution in [0.3, 0.4) is 0 Å². The van der Waals surface area contributed by atoms with Gasteiger partial charge in [0.25, 0.3) is 15.7 Å². The summed E-state index contributed by atoms with van der Waals surface area (Å²) in [4.78, 5) is 29.0. The number of terminal acetylenes is 1. The summed E-state index contributed by atoms with van der Waals surface area (Å²) in [5, 5.41) is 0. The Morgan fingerprint density at radius 3 is 1.36 bits per heavy atom. The Labute approximate surface area is 354 Å². The topological polar surface area (TPSA) is 126 Å². The van der Waals surface area contributed by atoms with Crippen LogP contribution in [0.4, 0.5) is 0 Å². The Bertz CT molecular complexity index is 2640. The van der Waals surface area contributed by atoms with E-state index >= 15 is 0 Å². The van der Waals surface area contributed by atoms with Gasteiger partial charge in [0.1, 0.15) is 35.1 Å². The highest BCUT2D eigenvalue weighted by atomic mass is 32.2. The van der Waals surface area contributed by atoms with Gasteiger partial charge in [-0.15, -0.1) is 6.42 Å². The van der Waals surface area contributed by atoms with Gasteiger partial charge in [-0.1, -0.05) is 188 Å². The van der Waals surface area contributed by atoms with Crippen molar-refractivity contribution < 1.29 is 26.8 Å². The molecule has 0 unspecified atom stereocenters. The number of benzene rings is 6. The Hall–Kier alpha value is -6.65. The van der Waals surface area contributed by atoms with Crippen molar-refractivity contribution in [3.63, 3.8) is 0 Å². The highest BCUT2D eigenvalue weighted by Gasteiger charge is 2.55. The molecule has 0 spiro atoms. The highest BCUT2D eigenvalue weighted by Crippen LogP contribution is 2.47. The maximum atomic E-state index is 13.9. The smallest absolute Gasteiger partial charge is 0.330 e. The molecule has 1 fully saturated rings. The predicted octanol–water partition coefficient (Wildman–Crippen LogP) is 7.15. The number of ether oxygens (including phenoxy) is 3. The van der Waals surface area contributed by atoms with Gasteiger partial charge in [-0.3, -0.25) is 18.5 Å². The lowest BCUT2D eigenvalue weighted by Gasteiger charge is -2.40. The lowest BCUT2D eigenvalue weighted by molar-refractivity contribution is -0.123. The van der Waals surface area contributed by atoms with Crippen molar-refractivity contribution in [2.24, 2.45) is 0 Å². The summed E-state index contributed by atoms with van der Waals surface area (Å²) in [5.74, 6) is 2.34. The fraction of sp³-hybridized carbons (Fsp3) is 0.160. The zero-order valence-corrected chi connectivity index (χ0v) is 33.9. The fourth-order valence-corrected chi connectivity index (χ4v) is 8.83. The van der Waals surface area contributed by atoms with Crippen LogP contribution in [0.5, 0.6) is 0 Å². The molecule has 4 atom stereocenters. The number of hydrogen-bond acceptors (Lipinski definition) is 8. The summed E-state index contributed by atoms with van der Waals surface area (Å²) < 4.78 is 55.6. The second-order valence-electron chi connectivity index (χ2n) is 14.6. The molecule has 8 rings (SSSR count). The summed E-state index contributed by atoms with van der Waals surface area (Å²) in [6.07, 6.45) is 2.43. The Morgan fingerprint density at radius 2 is 1.00 bits per heavy atom. The number of aromatic amines is 1. The molecule has 11 heteroatoms. The van der Waals surface area contributed by atoms with Crippen LogP contribution in [0.2, 0.25) is 0 Å². The molecule has 7 aromatic rings. The van der Waals surface area contributed by atoms with Crippen LogP contribution in [-0.4, -0.2) is 49.1 Å². The molecule has 61 heavy (non-hydrogen) atoms. The summed E-state index contributed by atoms with van der Waals surface area (Å²) in [6.45, 7) is -0.273. The van der Waals surface area contributed by atoms with Crippen LogP contribution in [0, 0.1) is 12.3 Å². The lowest BCUT2D eigenvalue weighted by atomic mass is 9.79. The minimum Gasteiger partial charge on any atom is -0.358 e. The average Bonchev–Trinajstić information content (AvgIpc) is 3.61. The molecule has 1 aliphatic rings. The third-order valence-corrected chi connectivity index (χ3v) is 11.4. The zero-order chi connectivity index (χ0) is 42.5. The van der Waals surface area contributed by atoms with Crippen molar-refractivity contribution in [3.05, 3.63) is 248 Å². The first-order chi connectivity index (χ1) is 29.6. The maximum Gasteiger partial charge on any atom is 0.330 e. The summed E-state index contributed by atoms with van der Waals surface area (Å²) in [7, 11) is -4.26. The van der Waals surface area contributed by atoms with Gasteiger partial charge in [-0.05, 0) is 33.4 Å². The number of nitrogens with one attached hydrogen (secondary N) is 1. The van der Waals surface area contributed by atoms with E-state index in [0.717, 1.165) is 27.5 Å². The molecule has 2 heterocycles. The SMILES string of the molecule is C#Cc1cn([C@@H]2O[C@H](COC(c3ccccc3)(c3ccccc3)c3ccccc3)[C@@H](OS(C)(=O)=O)[C@H]2OC(c2ccccc2)(c2ccccc2)c2ccccc2)c(=O)[nH]c1=O. The van der Waals surface area contributed by atoms with E-state index in [1.165, 1.54) is 6.20 Å². The van der Waals surface area contributed by atoms with Crippen LogP contribution in [0.25, 0.3) is 0 Å². The molecular weight excluding hydrogens is 789 g/mol. The van der Waals surface area contributed by atoms with E-state index in [2.05, 4.69) is 10.9 Å². The number of hydrogen-bond donors (Lipinski definition) is 1. The highest BCUT2D eigenvalue weighted by molar-refractivity contribution is 7.86. The molecule has 306 valence electrons. The molecule has 1 saturated heterocycles. The van der Waals surface area contributed by atoms with Gasteiger partial charge in [0, 0.05) is 6.20 Å². The summed E-state index contributed by atoms with van der Waals surface area (Å²) >= 11 is 0. The van der Waals surface area contributed by atoms with Crippen LogP contribution in [0.15, 0.2) is 198 Å². The largest absolute Gasteiger partial charge is 0.358 e. The molecule has 0 amide bonds. The Kier molecular flexibility index (Phi) is 11.8. The van der Waals surface area contributed by atoms with Crippen LogP contribution in [0.1, 0.15) is 45.2 Å². The molecule has 0 saturated carbocycles. The maximum absolute atomic E-state index is 13.9. The lowest BCUT2D eigenvalue weighted by Crippen LogP contribution is -2.47. The summed E-state index contributed by atoms with van der Waals surface area (Å²) in [6, 6.07) is 57.4. The summed E-state index contributed by atoms with van der Waals surface area (Å²) in [5.41, 5.74) is -0.0222. The van der Waals surface area contributed by atoms with Crippen molar-refractivity contribution in [1.29, 1.82) is 0 Å². The van der Waals surface area contributed by atoms with Crippen LogP contribution >= 0.6 is 0 Å². The molecule has 0 aliphatic carbocycles. The molecular formula is C50H42N2O8S. The van der Waals surface area contributed by atoms with E-state index < -0.39 is 57.1 Å². The van der Waals surface area contributed by atoms with Crippen molar-refractivity contribution >= 4 is 10.1 Å². The normalized spacial score (nSPS) is 18.0. The van der Waals surface area contributed by atoms with Gasteiger partial charge in [-0.2, -0.15) is 8.42 Å². The first-order valence-corrected chi connectivity index (χ1v) is 21.5. The van der Waals surface area contributed by atoms with E-state index in [1.54, 1.807) is 0 Å². The number of nitrogens with zero attached hydrogens (tertiary/aromatic N) is 1. The van der Waals surface area contributed by atoms with Gasteiger partial charge in [0.15, 0.2) is 6.23 Å². The molecule has 6 aromatic carbocycles. The second kappa shape index (κ2) is 17.5. The molecule has 1 aromatic heterocycles. The number of aromatic nitrogens is 2. The van der Waals surface area contributed by atoms with Crippen molar-refractivity contribution in [3.8, 4) is 12.3 Å². The monoisotopic (exact) mass is 830 g/mol.